The summed E-state index contributed by atoms with van der Waals surface area (Å²) in [5.41, 5.74) is 18.1. The quantitative estimate of drug-likeness (QED) is 0.168. The van der Waals surface area contributed by atoms with Crippen LogP contribution in [0.1, 0.15) is 0 Å². The van der Waals surface area contributed by atoms with Crippen molar-refractivity contribution in [2.24, 2.45) is 0 Å². The number of hydrogen-bond donors (Lipinski definition) is 0. The second kappa shape index (κ2) is 11.9. The van der Waals surface area contributed by atoms with Crippen molar-refractivity contribution in [2.45, 2.75) is 0 Å². The molecule has 5 nitrogen and oxygen atoms in total. The van der Waals surface area contributed by atoms with Gasteiger partial charge >= 0.3 is 0 Å². The molecule has 0 amide bonds. The summed E-state index contributed by atoms with van der Waals surface area (Å²) in [5, 5.41) is 4.30. The molecular formula is C52H31BN2O3. The van der Waals surface area contributed by atoms with Crippen molar-refractivity contribution in [3.05, 3.63) is 188 Å². The van der Waals surface area contributed by atoms with E-state index in [4.69, 9.17) is 13.3 Å². The number of anilines is 6. The van der Waals surface area contributed by atoms with Crippen LogP contribution in [0.15, 0.2) is 202 Å². The molecule has 6 heteroatoms. The number of para-hydroxylation sites is 2. The number of benzene rings is 8. The van der Waals surface area contributed by atoms with Gasteiger partial charge in [0.15, 0.2) is 0 Å². The second-order valence-electron chi connectivity index (χ2n) is 15.2. The van der Waals surface area contributed by atoms with Crippen LogP contribution in [0.2, 0.25) is 0 Å². The lowest BCUT2D eigenvalue weighted by molar-refractivity contribution is 0.615. The fourth-order valence-electron chi connectivity index (χ4n) is 9.87. The molecule has 0 saturated carbocycles. The summed E-state index contributed by atoms with van der Waals surface area (Å²) >= 11 is 0. The van der Waals surface area contributed by atoms with Gasteiger partial charge < -0.3 is 23.1 Å². The third-order valence-corrected chi connectivity index (χ3v) is 12.2. The van der Waals surface area contributed by atoms with E-state index in [2.05, 4.69) is 186 Å². The predicted molar refractivity (Wildman–Crippen MR) is 238 cm³/mol. The minimum Gasteiger partial charge on any atom is -0.464 e. The zero-order valence-corrected chi connectivity index (χ0v) is 31.1. The molecule has 0 radical (unpaired) electrons. The molecule has 0 aliphatic carbocycles. The Balaban J connectivity index is 1.19. The lowest BCUT2D eigenvalue weighted by Crippen LogP contribution is -2.61. The molecule has 0 fully saturated rings. The monoisotopic (exact) mass is 742 g/mol. The van der Waals surface area contributed by atoms with Crippen LogP contribution in [0, 0.1) is 0 Å². The van der Waals surface area contributed by atoms with Gasteiger partial charge in [0, 0.05) is 55.4 Å². The Labute approximate surface area is 333 Å². The van der Waals surface area contributed by atoms with Crippen LogP contribution in [0.5, 0.6) is 0 Å². The highest BCUT2D eigenvalue weighted by Crippen LogP contribution is 2.52. The van der Waals surface area contributed by atoms with Crippen LogP contribution in [0.3, 0.4) is 0 Å². The Morgan fingerprint density at radius 2 is 0.914 bits per heavy atom. The average molecular weight is 743 g/mol. The van der Waals surface area contributed by atoms with Gasteiger partial charge in [-0.25, -0.2) is 0 Å². The maximum absolute atomic E-state index is 7.01. The molecule has 0 atom stereocenters. The average Bonchev–Trinajstić information content (AvgIpc) is 4.06. The molecule has 2 aliphatic heterocycles. The van der Waals surface area contributed by atoms with Crippen molar-refractivity contribution < 1.29 is 13.3 Å². The molecule has 58 heavy (non-hydrogen) atoms. The summed E-state index contributed by atoms with van der Waals surface area (Å²) in [5.74, 6) is 0. The first-order valence-electron chi connectivity index (χ1n) is 19.7. The number of rotatable bonds is 4. The first-order valence-corrected chi connectivity index (χ1v) is 19.7. The minimum absolute atomic E-state index is 0.137. The van der Waals surface area contributed by atoms with Gasteiger partial charge in [-0.2, -0.15) is 0 Å². The number of furan rings is 3. The van der Waals surface area contributed by atoms with Gasteiger partial charge in [-0.05, 0) is 100 Å². The molecule has 3 aromatic heterocycles. The van der Waals surface area contributed by atoms with Gasteiger partial charge in [-0.1, -0.05) is 103 Å². The summed E-state index contributed by atoms with van der Waals surface area (Å²) in [6.45, 7) is -0.137. The Kier molecular flexibility index (Phi) is 6.47. The number of nitrogens with zero attached hydrogens (tertiary/aromatic N) is 2. The van der Waals surface area contributed by atoms with Gasteiger partial charge in [-0.3, -0.25) is 0 Å². The van der Waals surface area contributed by atoms with Crippen molar-refractivity contribution in [1.82, 2.24) is 0 Å². The normalized spacial score (nSPS) is 13.1. The van der Waals surface area contributed by atoms with Gasteiger partial charge in [-0.15, -0.1) is 0 Å². The molecule has 0 unspecified atom stereocenters. The molecule has 13 rings (SSSR count). The van der Waals surface area contributed by atoms with Crippen LogP contribution < -0.4 is 26.2 Å². The Morgan fingerprint density at radius 3 is 1.59 bits per heavy atom. The van der Waals surface area contributed by atoms with Crippen molar-refractivity contribution in [1.29, 1.82) is 0 Å². The highest BCUT2D eigenvalue weighted by atomic mass is 16.3. The molecular weight excluding hydrogens is 711 g/mol. The maximum Gasteiger partial charge on any atom is 0.257 e. The molecule has 11 aromatic rings. The molecule has 8 aromatic carbocycles. The van der Waals surface area contributed by atoms with E-state index in [1.165, 1.54) is 10.9 Å². The lowest BCUT2D eigenvalue weighted by atomic mass is 9.33. The standard InChI is InChI=1S/C52H31BN2O3/c1-3-12-32(13-4-1)34-23-26-45-38(28-30-56-45)50(34)54-41-18-9-8-17-40(41)53-48-42(54)19-11-20-43(48)55(44-25-22-37-36-16-7-10-21-47(36)58-52(37)49(44)53)51-35(33-14-5-2-6-15-33)24-27-46-39(51)29-31-57-46/h1-31H. The van der Waals surface area contributed by atoms with Crippen molar-refractivity contribution in [3.63, 3.8) is 0 Å². The summed E-state index contributed by atoms with van der Waals surface area (Å²) in [6.07, 6.45) is 3.60. The first-order chi connectivity index (χ1) is 28.8. The predicted octanol–water partition coefficient (Wildman–Crippen LogP) is 12.5. The Morgan fingerprint density at radius 1 is 0.362 bits per heavy atom. The molecule has 5 heterocycles. The van der Waals surface area contributed by atoms with E-state index in [-0.39, 0.29) is 6.71 Å². The topological polar surface area (TPSA) is 45.9 Å². The third-order valence-electron chi connectivity index (χ3n) is 12.2. The van der Waals surface area contributed by atoms with Gasteiger partial charge in [0.2, 0.25) is 0 Å². The largest absolute Gasteiger partial charge is 0.464 e. The van der Waals surface area contributed by atoms with E-state index in [0.717, 1.165) is 106 Å². The smallest absolute Gasteiger partial charge is 0.257 e. The highest BCUT2D eigenvalue weighted by Gasteiger charge is 2.46. The number of fused-ring (bicyclic) bond motifs is 10. The van der Waals surface area contributed by atoms with Crippen LogP contribution >= 0.6 is 0 Å². The summed E-state index contributed by atoms with van der Waals surface area (Å²) in [7, 11) is 0. The second-order valence-corrected chi connectivity index (χ2v) is 15.2. The van der Waals surface area contributed by atoms with E-state index in [1.54, 1.807) is 12.5 Å². The summed E-state index contributed by atoms with van der Waals surface area (Å²) in [4.78, 5) is 4.95. The highest BCUT2D eigenvalue weighted by molar-refractivity contribution is 7.01. The maximum atomic E-state index is 7.01. The minimum atomic E-state index is -0.137. The zero-order valence-electron chi connectivity index (χ0n) is 31.1. The summed E-state index contributed by atoms with van der Waals surface area (Å²) < 4.78 is 19.3. The van der Waals surface area contributed by atoms with Gasteiger partial charge in [0.1, 0.15) is 22.3 Å². The van der Waals surface area contributed by atoms with Crippen LogP contribution in [-0.4, -0.2) is 6.71 Å². The fraction of sp³-hybridized carbons (Fsp3) is 0. The SMILES string of the molecule is c1ccc(-c2ccc3occc3c2N2c3ccccc3B3c4c2cccc4N(c2c(-c4ccccc4)ccc4occc24)c2ccc4c(oc5ccccc54)c23)cc1. The molecule has 0 bridgehead atoms. The van der Waals surface area contributed by atoms with Gasteiger partial charge in [0.05, 0.1) is 23.9 Å². The van der Waals surface area contributed by atoms with Gasteiger partial charge in [0.25, 0.3) is 6.71 Å². The fourth-order valence-corrected chi connectivity index (χ4v) is 9.87. The van der Waals surface area contributed by atoms with Crippen LogP contribution in [-0.2, 0) is 0 Å². The van der Waals surface area contributed by atoms with E-state index in [1.807, 2.05) is 0 Å². The molecule has 0 saturated heterocycles. The van der Waals surface area contributed by atoms with Crippen molar-refractivity contribution in [2.75, 3.05) is 9.80 Å². The zero-order chi connectivity index (χ0) is 37.9. The van der Waals surface area contributed by atoms with E-state index < -0.39 is 0 Å². The Bertz CT molecular complexity index is 3420. The number of hydrogen-bond acceptors (Lipinski definition) is 5. The third kappa shape index (κ3) is 4.26. The van der Waals surface area contributed by atoms with Crippen molar-refractivity contribution in [3.8, 4) is 22.3 Å². The molecule has 2 aliphatic rings. The van der Waals surface area contributed by atoms with E-state index in [0.29, 0.717) is 0 Å². The molecule has 0 spiro atoms. The van der Waals surface area contributed by atoms with Crippen molar-refractivity contribution >= 4 is 101 Å². The Hall–Kier alpha value is -7.70. The first kappa shape index (κ1) is 31.5. The van der Waals surface area contributed by atoms with Crippen LogP contribution in [0.25, 0.3) is 66.1 Å². The summed E-state index contributed by atoms with van der Waals surface area (Å²) in [6, 6.07) is 62.7. The molecule has 0 N–H and O–H groups in total. The van der Waals surface area contributed by atoms with Crippen LogP contribution in [0.4, 0.5) is 34.1 Å². The lowest BCUT2D eigenvalue weighted by Gasteiger charge is -2.44. The van der Waals surface area contributed by atoms with E-state index in [9.17, 15) is 0 Å². The van der Waals surface area contributed by atoms with E-state index >= 15 is 0 Å². The molecule has 270 valence electrons.